The van der Waals surface area contributed by atoms with Crippen LogP contribution in [0.15, 0.2) is 71.8 Å². The normalized spacial score (nSPS) is 22.3. The topological polar surface area (TPSA) is 69.6 Å². The van der Waals surface area contributed by atoms with E-state index in [1.165, 1.54) is 12.0 Å². The van der Waals surface area contributed by atoms with Crippen LogP contribution in [0, 0.1) is 0 Å². The molecule has 3 aromatic carbocycles. The molecule has 8 heteroatoms. The quantitative estimate of drug-likeness (QED) is 0.409. The lowest BCUT2D eigenvalue weighted by molar-refractivity contribution is 0.0279. The number of nitrogens with zero attached hydrogens (tertiary/aromatic N) is 3. The summed E-state index contributed by atoms with van der Waals surface area (Å²) in [6, 6.07) is 13.4. The number of phenolic OH excluding ortho intramolecular Hbond substituents is 1. The highest BCUT2D eigenvalue weighted by Crippen LogP contribution is 2.47. The van der Waals surface area contributed by atoms with Gasteiger partial charge in [0.15, 0.2) is 0 Å². The molecule has 0 aliphatic carbocycles. The van der Waals surface area contributed by atoms with Crippen LogP contribution in [0.5, 0.6) is 11.5 Å². The Morgan fingerprint density at radius 1 is 1.24 bits per heavy atom. The summed E-state index contributed by atoms with van der Waals surface area (Å²) in [6.45, 7) is 7.19. The highest BCUT2D eigenvalue weighted by Gasteiger charge is 2.46. The Kier molecular flexibility index (Phi) is 5.35. The molecule has 0 unspecified atom stereocenters. The van der Waals surface area contributed by atoms with Crippen LogP contribution >= 0.6 is 11.6 Å². The highest BCUT2D eigenvalue weighted by atomic mass is 35.5. The molecule has 4 heterocycles. The lowest BCUT2D eigenvalue weighted by Gasteiger charge is -2.31. The number of amidine groups is 1. The van der Waals surface area contributed by atoms with Crippen LogP contribution in [0.3, 0.4) is 0 Å². The van der Waals surface area contributed by atoms with Crippen molar-refractivity contribution in [2.75, 3.05) is 38.7 Å². The highest BCUT2D eigenvalue weighted by molar-refractivity contribution is 6.38. The predicted octanol–water partition coefficient (Wildman–Crippen LogP) is 5.93. The summed E-state index contributed by atoms with van der Waals surface area (Å²) >= 11 is 7.06. The molecule has 2 saturated heterocycles. The number of ether oxygens (including phenoxy) is 2. The number of halogens is 1. The predicted molar refractivity (Wildman–Crippen MR) is 151 cm³/mol. The number of rotatable bonds is 4. The fraction of sp³-hybridized carbons (Fsp3) is 0.300. The average molecular weight is 529 g/mol. The van der Waals surface area contributed by atoms with Gasteiger partial charge in [-0.05, 0) is 60.3 Å². The number of benzene rings is 3. The minimum absolute atomic E-state index is 0.0157. The molecule has 7 nitrogen and oxygen atoms in total. The van der Waals surface area contributed by atoms with Crippen LogP contribution in [-0.4, -0.2) is 59.7 Å². The number of aliphatic imine (C=N–C) groups is 1. The fourth-order valence-corrected chi connectivity index (χ4v) is 6.77. The summed E-state index contributed by atoms with van der Waals surface area (Å²) in [6.07, 6.45) is 5.07. The van der Waals surface area contributed by atoms with E-state index in [0.29, 0.717) is 30.0 Å². The van der Waals surface area contributed by atoms with Gasteiger partial charge in [-0.25, -0.2) is 4.99 Å². The van der Waals surface area contributed by atoms with Crippen LogP contribution in [0.4, 0.5) is 5.69 Å². The molecule has 3 aromatic rings. The zero-order valence-corrected chi connectivity index (χ0v) is 22.0. The number of anilines is 1. The lowest BCUT2D eigenvalue weighted by atomic mass is 9.94. The van der Waals surface area contributed by atoms with E-state index >= 15 is 0 Å². The molecule has 194 valence electrons. The Morgan fingerprint density at radius 2 is 2.11 bits per heavy atom. The molecule has 0 aromatic heterocycles. The number of hydrogen-bond acceptors (Lipinski definition) is 7. The van der Waals surface area contributed by atoms with Crippen molar-refractivity contribution in [3.05, 3.63) is 77.3 Å². The summed E-state index contributed by atoms with van der Waals surface area (Å²) in [4.78, 5) is 9.15. The summed E-state index contributed by atoms with van der Waals surface area (Å²) in [5.41, 5.74) is 4.39. The maximum Gasteiger partial charge on any atom is 0.301 e. The largest absolute Gasteiger partial charge is 0.508 e. The summed E-state index contributed by atoms with van der Waals surface area (Å²) < 4.78 is 12.9. The first-order chi connectivity index (χ1) is 18.4. The van der Waals surface area contributed by atoms with E-state index < -0.39 is 0 Å². The third-order valence-electron chi connectivity index (χ3n) is 8.13. The van der Waals surface area contributed by atoms with Gasteiger partial charge >= 0.3 is 5.95 Å². The standard InChI is InChI=1S/C30H29ClN4O3/c1-18-13-30(8-5-9-35(30)14-18)16-37-25-15-34(2)29-26-24(38-25)12-23(27(31)28(26)32-17-33-29)22-11-20(36)10-19-6-3-4-7-21(19)22/h3-4,6-7,10-12,15,32,36H,1,5,8-9,13-14,16-17H2,2H3/t30-/m0/s1. The average Bonchev–Trinajstić information content (AvgIpc) is 3.39. The minimum Gasteiger partial charge on any atom is -0.508 e. The van der Waals surface area contributed by atoms with Crippen LogP contribution in [-0.2, 0) is 4.74 Å². The first-order valence-corrected chi connectivity index (χ1v) is 13.3. The molecule has 0 spiro atoms. The zero-order valence-electron chi connectivity index (χ0n) is 21.3. The van der Waals surface area contributed by atoms with E-state index in [0.717, 1.165) is 64.9 Å². The van der Waals surface area contributed by atoms with E-state index in [4.69, 9.17) is 26.1 Å². The van der Waals surface area contributed by atoms with Gasteiger partial charge in [-0.3, -0.25) is 4.90 Å². The van der Waals surface area contributed by atoms with Gasteiger partial charge in [0.1, 0.15) is 30.6 Å². The van der Waals surface area contributed by atoms with E-state index in [2.05, 4.69) is 16.8 Å². The molecule has 0 saturated carbocycles. The summed E-state index contributed by atoms with van der Waals surface area (Å²) in [5, 5.41) is 16.3. The van der Waals surface area contributed by atoms with Crippen molar-refractivity contribution in [2.24, 2.45) is 4.99 Å². The van der Waals surface area contributed by atoms with Crippen molar-refractivity contribution >= 4 is 33.9 Å². The molecule has 0 bridgehead atoms. The van der Waals surface area contributed by atoms with Crippen molar-refractivity contribution < 1.29 is 14.6 Å². The SMILES string of the molecule is C=C1CN2CCC[C@@]2(COC2=CN(C)C3=NCNc4c(Cl)c(-c5cc(O)cc6ccccc56)cc(c43)O2)C1. The Hall–Kier alpha value is -3.68. The van der Waals surface area contributed by atoms with Gasteiger partial charge in [0.2, 0.25) is 0 Å². The lowest BCUT2D eigenvalue weighted by Crippen LogP contribution is -2.42. The zero-order chi connectivity index (χ0) is 26.0. The second-order valence-electron chi connectivity index (χ2n) is 10.6. The van der Waals surface area contributed by atoms with E-state index in [-0.39, 0.29) is 11.3 Å². The van der Waals surface area contributed by atoms with E-state index in [1.807, 2.05) is 48.5 Å². The van der Waals surface area contributed by atoms with Gasteiger partial charge in [0, 0.05) is 19.2 Å². The van der Waals surface area contributed by atoms with Crippen LogP contribution in [0.25, 0.3) is 21.9 Å². The molecule has 7 rings (SSSR count). The second-order valence-corrected chi connectivity index (χ2v) is 11.0. The van der Waals surface area contributed by atoms with Gasteiger partial charge in [0.05, 0.1) is 28.0 Å². The second kappa shape index (κ2) is 8.68. The molecular formula is C30H29ClN4O3. The van der Waals surface area contributed by atoms with Crippen LogP contribution in [0.1, 0.15) is 24.8 Å². The maximum atomic E-state index is 10.5. The molecule has 4 aliphatic heterocycles. The number of aromatic hydroxyl groups is 1. The van der Waals surface area contributed by atoms with E-state index in [9.17, 15) is 5.11 Å². The van der Waals surface area contributed by atoms with E-state index in [1.54, 1.807) is 12.1 Å². The van der Waals surface area contributed by atoms with Gasteiger partial charge < -0.3 is 24.8 Å². The molecule has 4 aliphatic rings. The number of hydrogen-bond donors (Lipinski definition) is 2. The van der Waals surface area contributed by atoms with Crippen LogP contribution in [0.2, 0.25) is 5.02 Å². The third-order valence-corrected chi connectivity index (χ3v) is 8.53. The van der Waals surface area contributed by atoms with Gasteiger partial charge in [-0.2, -0.15) is 0 Å². The number of fused-ring (bicyclic) bond motifs is 2. The monoisotopic (exact) mass is 528 g/mol. The molecule has 0 radical (unpaired) electrons. The van der Waals surface area contributed by atoms with Gasteiger partial charge in [-0.15, -0.1) is 0 Å². The van der Waals surface area contributed by atoms with Crippen LogP contribution < -0.4 is 10.1 Å². The molecule has 0 amide bonds. The third kappa shape index (κ3) is 3.64. The van der Waals surface area contributed by atoms with Crippen molar-refractivity contribution in [1.29, 1.82) is 0 Å². The molecule has 38 heavy (non-hydrogen) atoms. The Labute approximate surface area is 226 Å². The van der Waals surface area contributed by atoms with Crippen molar-refractivity contribution in [3.63, 3.8) is 0 Å². The molecular weight excluding hydrogens is 500 g/mol. The molecule has 2 fully saturated rings. The Balaban J connectivity index is 1.31. The minimum atomic E-state index is -0.0157. The number of nitrogens with one attached hydrogen (secondary N) is 1. The number of phenols is 1. The smallest absolute Gasteiger partial charge is 0.301 e. The van der Waals surface area contributed by atoms with Gasteiger partial charge in [-0.1, -0.05) is 48.0 Å². The van der Waals surface area contributed by atoms with Crippen molar-refractivity contribution in [3.8, 4) is 22.6 Å². The molecule has 2 N–H and O–H groups in total. The van der Waals surface area contributed by atoms with Crippen molar-refractivity contribution in [2.45, 2.75) is 24.8 Å². The van der Waals surface area contributed by atoms with Crippen molar-refractivity contribution in [1.82, 2.24) is 9.80 Å². The molecule has 1 atom stereocenters. The van der Waals surface area contributed by atoms with Gasteiger partial charge in [0.25, 0.3) is 0 Å². The maximum absolute atomic E-state index is 10.5. The first-order valence-electron chi connectivity index (χ1n) is 13.0. The Morgan fingerprint density at radius 3 is 3.00 bits per heavy atom. The first kappa shape index (κ1) is 23.4. The Bertz CT molecular complexity index is 1560. The summed E-state index contributed by atoms with van der Waals surface area (Å²) in [5.74, 6) is 1.96. The fourth-order valence-electron chi connectivity index (χ4n) is 6.45. The summed E-state index contributed by atoms with van der Waals surface area (Å²) in [7, 11) is 1.94.